The third-order valence-corrected chi connectivity index (χ3v) is 6.23. The van der Waals surface area contributed by atoms with E-state index in [4.69, 9.17) is 9.47 Å². The van der Waals surface area contributed by atoms with Gasteiger partial charge in [-0.05, 0) is 28.7 Å². The van der Waals surface area contributed by atoms with E-state index in [0.717, 1.165) is 22.3 Å². The number of hydrogen-bond acceptors (Lipinski definition) is 5. The molecule has 39 heavy (non-hydrogen) atoms. The van der Waals surface area contributed by atoms with Crippen LogP contribution < -0.4 is 5.32 Å². The molecule has 0 saturated carbocycles. The molecule has 0 saturated heterocycles. The van der Waals surface area contributed by atoms with Crippen LogP contribution in [-0.4, -0.2) is 23.9 Å². The van der Waals surface area contributed by atoms with Gasteiger partial charge in [0, 0.05) is 6.42 Å². The second kappa shape index (κ2) is 14.3. The third-order valence-electron chi connectivity index (χ3n) is 6.23. The number of rotatable bonds is 12. The van der Waals surface area contributed by atoms with Crippen LogP contribution in [0.5, 0.6) is 0 Å². The molecule has 4 aromatic carbocycles. The molecule has 0 bridgehead atoms. The molecule has 0 unspecified atom stereocenters. The Morgan fingerprint density at radius 1 is 0.590 bits per heavy atom. The van der Waals surface area contributed by atoms with Gasteiger partial charge >= 0.3 is 11.9 Å². The summed E-state index contributed by atoms with van der Waals surface area (Å²) in [5, 5.41) is 2.86. The van der Waals surface area contributed by atoms with Crippen LogP contribution >= 0.6 is 0 Å². The number of carbonyl (C=O) groups is 3. The summed E-state index contributed by atoms with van der Waals surface area (Å²) in [5.41, 5.74) is 3.27. The Labute approximate surface area is 228 Å². The van der Waals surface area contributed by atoms with Crippen molar-refractivity contribution in [2.24, 2.45) is 0 Å². The fourth-order valence-corrected chi connectivity index (χ4v) is 4.19. The molecule has 6 nitrogen and oxygen atoms in total. The number of hydrogen-bond donors (Lipinski definition) is 1. The predicted molar refractivity (Wildman–Crippen MR) is 148 cm³/mol. The van der Waals surface area contributed by atoms with E-state index in [0.29, 0.717) is 0 Å². The van der Waals surface area contributed by atoms with Crippen molar-refractivity contribution in [3.05, 3.63) is 144 Å². The molecule has 6 heteroatoms. The second-order valence-corrected chi connectivity index (χ2v) is 9.09. The Bertz CT molecular complexity index is 1290. The van der Waals surface area contributed by atoms with Gasteiger partial charge in [-0.25, -0.2) is 4.79 Å². The van der Waals surface area contributed by atoms with Crippen molar-refractivity contribution >= 4 is 17.8 Å². The smallest absolute Gasteiger partial charge is 0.328 e. The summed E-state index contributed by atoms with van der Waals surface area (Å²) in [6.45, 7) is 0.199. The summed E-state index contributed by atoms with van der Waals surface area (Å²) < 4.78 is 10.9. The van der Waals surface area contributed by atoms with Crippen molar-refractivity contribution in [1.29, 1.82) is 0 Å². The van der Waals surface area contributed by atoms with Crippen molar-refractivity contribution in [1.82, 2.24) is 5.32 Å². The van der Waals surface area contributed by atoms with E-state index < -0.39 is 23.9 Å². The van der Waals surface area contributed by atoms with Crippen LogP contribution in [0.2, 0.25) is 0 Å². The molecule has 0 aromatic heterocycles. The summed E-state index contributed by atoms with van der Waals surface area (Å²) in [6.07, 6.45) is -0.0111. The zero-order chi connectivity index (χ0) is 27.3. The maximum Gasteiger partial charge on any atom is 0.328 e. The Morgan fingerprint density at radius 3 is 1.51 bits per heavy atom. The fraction of sp³-hybridized carbons (Fsp3) is 0.182. The lowest BCUT2D eigenvalue weighted by Crippen LogP contribution is -2.44. The monoisotopic (exact) mass is 521 g/mol. The molecular formula is C33H31NO5. The first kappa shape index (κ1) is 27.3. The van der Waals surface area contributed by atoms with Crippen molar-refractivity contribution in [2.45, 2.75) is 38.0 Å². The first-order chi connectivity index (χ1) is 19.1. The summed E-state index contributed by atoms with van der Waals surface area (Å²) in [6, 6.07) is 36.4. The normalized spacial score (nSPS) is 11.4. The highest BCUT2D eigenvalue weighted by Gasteiger charge is 2.29. The van der Waals surface area contributed by atoms with Crippen LogP contribution in [0.15, 0.2) is 121 Å². The first-order valence-electron chi connectivity index (χ1n) is 12.9. The predicted octanol–water partition coefficient (Wildman–Crippen LogP) is 5.57. The van der Waals surface area contributed by atoms with E-state index in [1.165, 1.54) is 0 Å². The molecule has 1 amide bonds. The average molecular weight is 522 g/mol. The number of ether oxygens (including phenoxy) is 2. The standard InChI is InChI=1S/C33H31NO5/c35-30(38-23-25-13-5-1-6-14-25)22-21-29(33(37)39-24-26-15-7-2-8-16-26)34-32(36)31(27-17-9-3-10-18-27)28-19-11-4-12-20-28/h1-20,29,31H,21-24H2,(H,34,36)/t29-/m0/s1. The highest BCUT2D eigenvalue weighted by Crippen LogP contribution is 2.25. The molecule has 0 radical (unpaired) electrons. The van der Waals surface area contributed by atoms with Crippen molar-refractivity contribution in [2.75, 3.05) is 0 Å². The molecule has 4 aromatic rings. The van der Waals surface area contributed by atoms with Gasteiger partial charge in [0.2, 0.25) is 5.91 Å². The van der Waals surface area contributed by atoms with E-state index in [9.17, 15) is 14.4 Å². The van der Waals surface area contributed by atoms with Crippen molar-refractivity contribution in [3.8, 4) is 0 Å². The average Bonchev–Trinajstić information content (AvgIpc) is 2.99. The lowest BCUT2D eigenvalue weighted by atomic mass is 9.90. The number of carbonyl (C=O) groups excluding carboxylic acids is 3. The second-order valence-electron chi connectivity index (χ2n) is 9.09. The topological polar surface area (TPSA) is 81.7 Å². The highest BCUT2D eigenvalue weighted by atomic mass is 16.5. The van der Waals surface area contributed by atoms with Gasteiger partial charge < -0.3 is 14.8 Å². The van der Waals surface area contributed by atoms with Crippen LogP contribution in [0, 0.1) is 0 Å². The van der Waals surface area contributed by atoms with Gasteiger partial charge in [-0.2, -0.15) is 0 Å². The minimum Gasteiger partial charge on any atom is -0.461 e. The maximum absolute atomic E-state index is 13.7. The minimum atomic E-state index is -1.03. The molecule has 4 rings (SSSR count). The van der Waals surface area contributed by atoms with Crippen LogP contribution in [0.25, 0.3) is 0 Å². The Hall–Kier alpha value is -4.71. The molecule has 1 N–H and O–H groups in total. The summed E-state index contributed by atoms with van der Waals surface area (Å²) in [4.78, 5) is 39.3. The molecule has 0 aliphatic heterocycles. The summed E-state index contributed by atoms with van der Waals surface area (Å²) in [7, 11) is 0. The quantitative estimate of drug-likeness (QED) is 0.247. The molecule has 0 aliphatic rings. The number of nitrogens with one attached hydrogen (secondary N) is 1. The summed E-state index contributed by atoms with van der Waals surface area (Å²) in [5.74, 6) is -2.06. The van der Waals surface area contributed by atoms with Crippen LogP contribution in [-0.2, 0) is 37.1 Å². The highest BCUT2D eigenvalue weighted by molar-refractivity contribution is 5.91. The summed E-state index contributed by atoms with van der Waals surface area (Å²) >= 11 is 0. The van der Waals surface area contributed by atoms with Gasteiger partial charge in [0.25, 0.3) is 0 Å². The van der Waals surface area contributed by atoms with E-state index in [1.807, 2.05) is 121 Å². The number of benzene rings is 4. The van der Waals surface area contributed by atoms with Gasteiger partial charge in [-0.1, -0.05) is 121 Å². The SMILES string of the molecule is O=C(CC[C@H](NC(=O)C(c1ccccc1)c1ccccc1)C(=O)OCc1ccccc1)OCc1ccccc1. The van der Waals surface area contributed by atoms with Crippen LogP contribution in [0.3, 0.4) is 0 Å². The molecule has 0 heterocycles. The minimum absolute atomic E-state index is 0.0449. The largest absolute Gasteiger partial charge is 0.461 e. The molecule has 1 atom stereocenters. The van der Waals surface area contributed by atoms with Crippen molar-refractivity contribution in [3.63, 3.8) is 0 Å². The third kappa shape index (κ3) is 8.40. The molecule has 0 spiro atoms. The first-order valence-corrected chi connectivity index (χ1v) is 12.9. The number of amides is 1. The molecule has 0 aliphatic carbocycles. The van der Waals surface area contributed by atoms with Gasteiger partial charge in [0.15, 0.2) is 0 Å². The molecule has 198 valence electrons. The van der Waals surface area contributed by atoms with Gasteiger partial charge in [0.1, 0.15) is 19.3 Å². The van der Waals surface area contributed by atoms with Crippen LogP contribution in [0.1, 0.15) is 41.0 Å². The Morgan fingerprint density at radius 2 is 1.03 bits per heavy atom. The lowest BCUT2D eigenvalue weighted by Gasteiger charge is -2.22. The molecular weight excluding hydrogens is 490 g/mol. The van der Waals surface area contributed by atoms with Crippen LogP contribution in [0.4, 0.5) is 0 Å². The van der Waals surface area contributed by atoms with E-state index in [2.05, 4.69) is 5.32 Å². The number of esters is 2. The van der Waals surface area contributed by atoms with E-state index in [-0.39, 0.29) is 32.0 Å². The van der Waals surface area contributed by atoms with Gasteiger partial charge in [0.05, 0.1) is 5.92 Å². The maximum atomic E-state index is 13.7. The van der Waals surface area contributed by atoms with Gasteiger partial charge in [-0.3, -0.25) is 9.59 Å². The van der Waals surface area contributed by atoms with E-state index in [1.54, 1.807) is 0 Å². The van der Waals surface area contributed by atoms with Crippen molar-refractivity contribution < 1.29 is 23.9 Å². The fourth-order valence-electron chi connectivity index (χ4n) is 4.19. The van der Waals surface area contributed by atoms with Gasteiger partial charge in [-0.15, -0.1) is 0 Å². The zero-order valence-corrected chi connectivity index (χ0v) is 21.6. The van der Waals surface area contributed by atoms with E-state index >= 15 is 0 Å². The Kier molecular flexibility index (Phi) is 10.0. The Balaban J connectivity index is 1.47. The lowest BCUT2D eigenvalue weighted by molar-refractivity contribution is -0.150. The molecule has 0 fully saturated rings. The zero-order valence-electron chi connectivity index (χ0n) is 21.6.